The van der Waals surface area contributed by atoms with Crippen LogP contribution >= 0.6 is 0 Å². The quantitative estimate of drug-likeness (QED) is 0.830. The zero-order valence-electron chi connectivity index (χ0n) is 12.3. The second-order valence-corrected chi connectivity index (χ2v) is 5.37. The van der Waals surface area contributed by atoms with Crippen LogP contribution in [0, 0.1) is 0 Å². The Morgan fingerprint density at radius 1 is 1.40 bits per heavy atom. The van der Waals surface area contributed by atoms with Crippen molar-refractivity contribution in [3.63, 3.8) is 0 Å². The molecule has 2 rings (SSSR count). The highest BCUT2D eigenvalue weighted by molar-refractivity contribution is 5.79. The van der Waals surface area contributed by atoms with E-state index in [4.69, 9.17) is 5.73 Å². The second-order valence-electron chi connectivity index (χ2n) is 5.37. The Bertz CT molecular complexity index is 447. The number of carbonyl (C=O) groups is 1. The van der Waals surface area contributed by atoms with Gasteiger partial charge in [0.15, 0.2) is 0 Å². The average molecular weight is 275 g/mol. The first-order chi connectivity index (χ1) is 9.72. The van der Waals surface area contributed by atoms with Crippen molar-refractivity contribution < 1.29 is 4.79 Å². The van der Waals surface area contributed by atoms with Gasteiger partial charge in [0.25, 0.3) is 0 Å². The highest BCUT2D eigenvalue weighted by atomic mass is 16.1. The maximum absolute atomic E-state index is 11.4. The fourth-order valence-electron chi connectivity index (χ4n) is 2.88. The third-order valence-corrected chi connectivity index (χ3v) is 3.94. The standard InChI is InChI=1S/C16H25N3O/c1-2-18-14(16(17)20)10-12-19-11-6-5-8-13-7-3-4-9-15(13)19/h3-4,7,9,14,18H,2,5-6,8,10-12H2,1H3,(H2,17,20). The number of anilines is 1. The average Bonchev–Trinajstić information content (AvgIpc) is 2.65. The molecule has 4 nitrogen and oxygen atoms in total. The van der Waals surface area contributed by atoms with Crippen LogP contribution in [0.15, 0.2) is 24.3 Å². The summed E-state index contributed by atoms with van der Waals surface area (Å²) in [5.41, 5.74) is 8.19. The van der Waals surface area contributed by atoms with Gasteiger partial charge in [-0.3, -0.25) is 4.79 Å². The van der Waals surface area contributed by atoms with Gasteiger partial charge >= 0.3 is 0 Å². The summed E-state index contributed by atoms with van der Waals surface area (Å²) in [4.78, 5) is 13.8. The fraction of sp³-hybridized carbons (Fsp3) is 0.562. The van der Waals surface area contributed by atoms with Gasteiger partial charge in [0.1, 0.15) is 0 Å². The van der Waals surface area contributed by atoms with Crippen LogP contribution in [0.3, 0.4) is 0 Å². The number of primary amides is 1. The predicted molar refractivity (Wildman–Crippen MR) is 82.9 cm³/mol. The predicted octanol–water partition coefficient (Wildman–Crippen LogP) is 1.68. The lowest BCUT2D eigenvalue weighted by molar-refractivity contribution is -0.120. The molecule has 0 saturated carbocycles. The number of benzene rings is 1. The highest BCUT2D eigenvalue weighted by Gasteiger charge is 2.18. The molecule has 0 aliphatic carbocycles. The second kappa shape index (κ2) is 7.29. The topological polar surface area (TPSA) is 58.4 Å². The molecule has 1 aromatic carbocycles. The Morgan fingerprint density at radius 3 is 2.95 bits per heavy atom. The van der Waals surface area contributed by atoms with Crippen molar-refractivity contribution in [2.45, 2.75) is 38.6 Å². The van der Waals surface area contributed by atoms with Crippen LogP contribution in [0.5, 0.6) is 0 Å². The Balaban J connectivity index is 2.03. The molecule has 1 aliphatic heterocycles. The van der Waals surface area contributed by atoms with E-state index in [1.807, 2.05) is 6.92 Å². The molecule has 0 fully saturated rings. The molecule has 1 aliphatic rings. The van der Waals surface area contributed by atoms with E-state index in [9.17, 15) is 4.79 Å². The molecule has 0 aromatic heterocycles. The van der Waals surface area contributed by atoms with Crippen LogP contribution in [0.1, 0.15) is 31.7 Å². The van der Waals surface area contributed by atoms with E-state index in [1.54, 1.807) is 0 Å². The van der Waals surface area contributed by atoms with E-state index in [0.29, 0.717) is 0 Å². The lowest BCUT2D eigenvalue weighted by Crippen LogP contribution is -2.43. The molecule has 3 N–H and O–H groups in total. The van der Waals surface area contributed by atoms with Gasteiger partial charge in [-0.2, -0.15) is 0 Å². The Morgan fingerprint density at radius 2 is 2.20 bits per heavy atom. The monoisotopic (exact) mass is 275 g/mol. The third kappa shape index (κ3) is 3.73. The van der Waals surface area contributed by atoms with Crippen molar-refractivity contribution in [3.05, 3.63) is 29.8 Å². The minimum absolute atomic E-state index is 0.226. The summed E-state index contributed by atoms with van der Waals surface area (Å²) in [6, 6.07) is 8.37. The minimum Gasteiger partial charge on any atom is -0.371 e. The number of para-hydroxylation sites is 1. The van der Waals surface area contributed by atoms with Crippen LogP contribution in [0.4, 0.5) is 5.69 Å². The highest BCUT2D eigenvalue weighted by Crippen LogP contribution is 2.26. The summed E-state index contributed by atoms with van der Waals surface area (Å²) in [5.74, 6) is -0.255. The lowest BCUT2D eigenvalue weighted by Gasteiger charge is -2.26. The van der Waals surface area contributed by atoms with E-state index < -0.39 is 0 Å². The fourth-order valence-corrected chi connectivity index (χ4v) is 2.88. The number of rotatable bonds is 6. The molecular weight excluding hydrogens is 250 g/mol. The number of amides is 1. The zero-order valence-corrected chi connectivity index (χ0v) is 12.3. The molecule has 1 heterocycles. The van der Waals surface area contributed by atoms with Crippen molar-refractivity contribution in [1.29, 1.82) is 0 Å². The summed E-state index contributed by atoms with van der Waals surface area (Å²) in [6.07, 6.45) is 4.35. The van der Waals surface area contributed by atoms with Crippen molar-refractivity contribution in [1.82, 2.24) is 5.32 Å². The summed E-state index contributed by atoms with van der Waals surface area (Å²) >= 11 is 0. The van der Waals surface area contributed by atoms with E-state index in [1.165, 1.54) is 24.1 Å². The summed E-state index contributed by atoms with van der Waals surface area (Å²) in [7, 11) is 0. The SMILES string of the molecule is CCNC(CCN1CCCCc2ccccc21)C(N)=O. The molecule has 0 saturated heterocycles. The number of aryl methyl sites for hydroxylation is 1. The van der Waals surface area contributed by atoms with Gasteiger partial charge in [-0.1, -0.05) is 25.1 Å². The van der Waals surface area contributed by atoms with E-state index >= 15 is 0 Å². The molecule has 20 heavy (non-hydrogen) atoms. The van der Waals surface area contributed by atoms with Crippen LogP contribution in [0.2, 0.25) is 0 Å². The zero-order chi connectivity index (χ0) is 14.4. The number of nitrogens with one attached hydrogen (secondary N) is 1. The molecule has 0 spiro atoms. The molecule has 1 aromatic rings. The maximum Gasteiger partial charge on any atom is 0.234 e. The van der Waals surface area contributed by atoms with Crippen molar-refractivity contribution in [2.24, 2.45) is 5.73 Å². The number of fused-ring (bicyclic) bond motifs is 1. The maximum atomic E-state index is 11.4. The lowest BCUT2D eigenvalue weighted by atomic mass is 10.1. The van der Waals surface area contributed by atoms with Crippen molar-refractivity contribution >= 4 is 11.6 Å². The number of carbonyl (C=O) groups excluding carboxylic acids is 1. The van der Waals surface area contributed by atoms with Gasteiger partial charge in [0, 0.05) is 18.8 Å². The van der Waals surface area contributed by atoms with Gasteiger partial charge in [0.05, 0.1) is 6.04 Å². The molecule has 110 valence electrons. The number of hydrogen-bond acceptors (Lipinski definition) is 3. The van der Waals surface area contributed by atoms with Gasteiger partial charge in [-0.05, 0) is 43.9 Å². The number of hydrogen-bond donors (Lipinski definition) is 2. The first-order valence-electron chi connectivity index (χ1n) is 7.58. The van der Waals surface area contributed by atoms with E-state index in [-0.39, 0.29) is 11.9 Å². The number of nitrogens with two attached hydrogens (primary N) is 1. The van der Waals surface area contributed by atoms with Gasteiger partial charge in [0.2, 0.25) is 5.91 Å². The smallest absolute Gasteiger partial charge is 0.234 e. The molecule has 4 heteroatoms. The van der Waals surface area contributed by atoms with E-state index in [0.717, 1.165) is 32.5 Å². The third-order valence-electron chi connectivity index (χ3n) is 3.94. The molecule has 0 bridgehead atoms. The first-order valence-corrected chi connectivity index (χ1v) is 7.58. The Kier molecular flexibility index (Phi) is 5.41. The van der Waals surface area contributed by atoms with E-state index in [2.05, 4.69) is 34.5 Å². The van der Waals surface area contributed by atoms with Crippen molar-refractivity contribution in [3.8, 4) is 0 Å². The van der Waals surface area contributed by atoms with Gasteiger partial charge < -0.3 is 16.0 Å². The van der Waals surface area contributed by atoms with Crippen LogP contribution in [-0.2, 0) is 11.2 Å². The summed E-state index contributed by atoms with van der Waals surface area (Å²) in [6.45, 7) is 4.70. The summed E-state index contributed by atoms with van der Waals surface area (Å²) < 4.78 is 0. The largest absolute Gasteiger partial charge is 0.371 e. The normalized spacial score (nSPS) is 16.4. The minimum atomic E-state index is -0.255. The van der Waals surface area contributed by atoms with Gasteiger partial charge in [-0.25, -0.2) is 0 Å². The molecular formula is C16H25N3O. The van der Waals surface area contributed by atoms with Crippen LogP contribution in [-0.4, -0.2) is 31.6 Å². The summed E-state index contributed by atoms with van der Waals surface area (Å²) in [5, 5.41) is 3.16. The molecule has 1 unspecified atom stereocenters. The van der Waals surface area contributed by atoms with Gasteiger partial charge in [-0.15, -0.1) is 0 Å². The first kappa shape index (κ1) is 14.9. The van der Waals surface area contributed by atoms with Crippen molar-refractivity contribution in [2.75, 3.05) is 24.5 Å². The molecule has 0 radical (unpaired) electrons. The number of nitrogens with zero attached hydrogens (tertiary/aromatic N) is 1. The van der Waals surface area contributed by atoms with Crippen LogP contribution in [0.25, 0.3) is 0 Å². The molecule has 1 atom stereocenters. The Hall–Kier alpha value is -1.55. The molecule has 1 amide bonds. The Labute approximate surface area is 121 Å². The number of likely N-dealkylation sites (N-methyl/N-ethyl adjacent to an activating group) is 1. The van der Waals surface area contributed by atoms with Crippen LogP contribution < -0.4 is 16.0 Å².